The van der Waals surface area contributed by atoms with Crippen LogP contribution in [0.2, 0.25) is 0 Å². The Morgan fingerprint density at radius 1 is 0.575 bits per heavy atom. The lowest BCUT2D eigenvalue weighted by molar-refractivity contribution is 0.669. The molecule has 192 valence electrons. The van der Waals surface area contributed by atoms with E-state index in [2.05, 4.69) is 144 Å². The molecular weight excluding hydrogens is 554 g/mol. The van der Waals surface area contributed by atoms with Crippen molar-refractivity contribution >= 4 is 87.2 Å². The monoisotopic (exact) mass is 579 g/mol. The van der Waals surface area contributed by atoms with Crippen molar-refractivity contribution in [3.05, 3.63) is 125 Å². The summed E-state index contributed by atoms with van der Waals surface area (Å²) in [5.74, 6) is 0.467. The molecule has 0 N–H and O–H groups in total. The number of benzene rings is 7. The molecule has 0 fully saturated rings. The summed E-state index contributed by atoms with van der Waals surface area (Å²) in [6, 6.07) is 41.6. The molecule has 7 aromatic carbocycles. The lowest BCUT2D eigenvalue weighted by Gasteiger charge is -2.28. The second-order valence-corrected chi connectivity index (χ2v) is 11.7. The maximum Gasteiger partial charge on any atom is 0.159 e. The van der Waals surface area contributed by atoms with E-state index in [1.54, 1.807) is 0 Å². The van der Waals surface area contributed by atoms with Crippen LogP contribution < -0.4 is 4.90 Å². The molecule has 0 aliphatic heterocycles. The second kappa shape index (κ2) is 8.84. The van der Waals surface area contributed by atoms with E-state index in [9.17, 15) is 0 Å². The van der Waals surface area contributed by atoms with E-state index in [0.29, 0.717) is 5.92 Å². The van der Waals surface area contributed by atoms with Gasteiger partial charge in [-0.25, -0.2) is 0 Å². The summed E-state index contributed by atoms with van der Waals surface area (Å²) in [5, 5.41) is 9.79. The quantitative estimate of drug-likeness (QED) is 0.193. The molecule has 1 aromatic heterocycles. The van der Waals surface area contributed by atoms with Crippen molar-refractivity contribution in [2.24, 2.45) is 0 Å². The van der Waals surface area contributed by atoms with Gasteiger partial charge in [-0.1, -0.05) is 109 Å². The Morgan fingerprint density at radius 2 is 1.25 bits per heavy atom. The standard InChI is InChI=1S/C37H26BrNO/c1-22(2)23-10-16-26(17-11-23)39(33-8-5-7-28-27-6-3-4-9-34(27)40-37(28)33)32-21-15-25-12-18-29-31(38)20-14-24-13-19-30(32)36(25)35(24)29/h3-22H,1-2H3. The molecule has 8 rings (SSSR count). The first-order valence-corrected chi connectivity index (χ1v) is 14.5. The van der Waals surface area contributed by atoms with Crippen LogP contribution in [0.5, 0.6) is 0 Å². The minimum atomic E-state index is 0.467. The van der Waals surface area contributed by atoms with Gasteiger partial charge in [0.25, 0.3) is 0 Å². The molecule has 8 aromatic rings. The molecule has 0 spiro atoms. The van der Waals surface area contributed by atoms with Crippen molar-refractivity contribution in [3.63, 3.8) is 0 Å². The summed E-state index contributed by atoms with van der Waals surface area (Å²) < 4.78 is 7.68. The highest BCUT2D eigenvalue weighted by Crippen LogP contribution is 2.47. The molecule has 0 amide bonds. The van der Waals surface area contributed by atoms with Crippen LogP contribution in [-0.2, 0) is 0 Å². The number of rotatable bonds is 4. The Labute approximate surface area is 240 Å². The van der Waals surface area contributed by atoms with E-state index in [1.165, 1.54) is 37.9 Å². The Morgan fingerprint density at radius 3 is 2.05 bits per heavy atom. The number of para-hydroxylation sites is 2. The van der Waals surface area contributed by atoms with Crippen LogP contribution in [0.1, 0.15) is 25.3 Å². The Bertz CT molecular complexity index is 2210. The van der Waals surface area contributed by atoms with Gasteiger partial charge in [0, 0.05) is 26.3 Å². The molecule has 0 saturated carbocycles. The van der Waals surface area contributed by atoms with E-state index in [1.807, 2.05) is 6.07 Å². The molecule has 2 nitrogen and oxygen atoms in total. The molecule has 0 unspecified atom stereocenters. The highest BCUT2D eigenvalue weighted by Gasteiger charge is 2.22. The number of fused-ring (bicyclic) bond motifs is 3. The van der Waals surface area contributed by atoms with E-state index < -0.39 is 0 Å². The fraction of sp³-hybridized carbons (Fsp3) is 0.0811. The van der Waals surface area contributed by atoms with Crippen LogP contribution >= 0.6 is 15.9 Å². The van der Waals surface area contributed by atoms with Gasteiger partial charge in [-0.3, -0.25) is 0 Å². The van der Waals surface area contributed by atoms with Crippen molar-refractivity contribution in [2.45, 2.75) is 19.8 Å². The van der Waals surface area contributed by atoms with E-state index in [4.69, 9.17) is 4.42 Å². The van der Waals surface area contributed by atoms with Crippen molar-refractivity contribution in [1.82, 2.24) is 0 Å². The van der Waals surface area contributed by atoms with Crippen LogP contribution in [0.25, 0.3) is 54.3 Å². The predicted molar refractivity (Wildman–Crippen MR) is 174 cm³/mol. The molecule has 0 radical (unpaired) electrons. The molecule has 1 heterocycles. The van der Waals surface area contributed by atoms with Gasteiger partial charge >= 0.3 is 0 Å². The summed E-state index contributed by atoms with van der Waals surface area (Å²) in [5.41, 5.74) is 6.39. The Balaban J connectivity index is 1.47. The summed E-state index contributed by atoms with van der Waals surface area (Å²) in [4.78, 5) is 2.37. The summed E-state index contributed by atoms with van der Waals surface area (Å²) >= 11 is 3.80. The number of furan rings is 1. The van der Waals surface area contributed by atoms with Crippen molar-refractivity contribution in [3.8, 4) is 0 Å². The van der Waals surface area contributed by atoms with Crippen LogP contribution in [-0.4, -0.2) is 0 Å². The third kappa shape index (κ3) is 3.41. The average molecular weight is 581 g/mol. The predicted octanol–water partition coefficient (Wildman–Crippen LogP) is 11.8. The van der Waals surface area contributed by atoms with Gasteiger partial charge in [-0.15, -0.1) is 0 Å². The van der Waals surface area contributed by atoms with Gasteiger partial charge in [-0.05, 0) is 74.8 Å². The molecular formula is C37H26BrNO. The fourth-order valence-corrected chi connectivity index (χ4v) is 6.73. The zero-order valence-electron chi connectivity index (χ0n) is 22.3. The van der Waals surface area contributed by atoms with Crippen molar-refractivity contribution in [2.75, 3.05) is 4.90 Å². The normalized spacial score (nSPS) is 12.1. The van der Waals surface area contributed by atoms with Gasteiger partial charge in [0.2, 0.25) is 0 Å². The van der Waals surface area contributed by atoms with Gasteiger partial charge in [0.15, 0.2) is 5.58 Å². The minimum absolute atomic E-state index is 0.467. The number of hydrogen-bond donors (Lipinski definition) is 0. The molecule has 3 heteroatoms. The van der Waals surface area contributed by atoms with E-state index in [0.717, 1.165) is 43.5 Å². The van der Waals surface area contributed by atoms with Gasteiger partial charge in [0.1, 0.15) is 5.58 Å². The fourth-order valence-electron chi connectivity index (χ4n) is 6.27. The van der Waals surface area contributed by atoms with E-state index in [-0.39, 0.29) is 0 Å². The number of anilines is 3. The second-order valence-electron chi connectivity index (χ2n) is 10.9. The summed E-state index contributed by atoms with van der Waals surface area (Å²) in [6.45, 7) is 4.47. The van der Waals surface area contributed by atoms with Crippen LogP contribution in [0.3, 0.4) is 0 Å². The first kappa shape index (κ1) is 23.5. The third-order valence-electron chi connectivity index (χ3n) is 8.27. The highest BCUT2D eigenvalue weighted by molar-refractivity contribution is 9.10. The molecule has 0 saturated heterocycles. The highest BCUT2D eigenvalue weighted by atomic mass is 79.9. The van der Waals surface area contributed by atoms with Gasteiger partial charge in [-0.2, -0.15) is 0 Å². The number of hydrogen-bond acceptors (Lipinski definition) is 2. The van der Waals surface area contributed by atoms with Gasteiger partial charge < -0.3 is 9.32 Å². The molecule has 0 aliphatic rings. The lowest BCUT2D eigenvalue weighted by atomic mass is 9.93. The van der Waals surface area contributed by atoms with Crippen LogP contribution in [0, 0.1) is 0 Å². The Hall–Kier alpha value is -4.34. The van der Waals surface area contributed by atoms with Crippen molar-refractivity contribution < 1.29 is 4.42 Å². The van der Waals surface area contributed by atoms with E-state index >= 15 is 0 Å². The topological polar surface area (TPSA) is 16.4 Å². The first-order chi connectivity index (χ1) is 19.6. The zero-order chi connectivity index (χ0) is 27.0. The minimum Gasteiger partial charge on any atom is -0.454 e. The lowest BCUT2D eigenvalue weighted by Crippen LogP contribution is -2.11. The largest absolute Gasteiger partial charge is 0.454 e. The summed E-state index contributed by atoms with van der Waals surface area (Å²) in [6.07, 6.45) is 0. The van der Waals surface area contributed by atoms with Crippen LogP contribution in [0.4, 0.5) is 17.1 Å². The zero-order valence-corrected chi connectivity index (χ0v) is 23.9. The van der Waals surface area contributed by atoms with Gasteiger partial charge in [0.05, 0.1) is 11.4 Å². The first-order valence-electron chi connectivity index (χ1n) is 13.7. The molecule has 0 aliphatic carbocycles. The third-order valence-corrected chi connectivity index (χ3v) is 8.96. The summed E-state index contributed by atoms with van der Waals surface area (Å²) in [7, 11) is 0. The average Bonchev–Trinajstić information content (AvgIpc) is 3.37. The van der Waals surface area contributed by atoms with Crippen molar-refractivity contribution in [1.29, 1.82) is 0 Å². The molecule has 0 atom stereocenters. The molecule has 0 bridgehead atoms. The SMILES string of the molecule is CC(C)c1ccc(N(c2ccc3ccc4c(Br)ccc5ccc2c3c54)c2cccc3c2oc2ccccc23)cc1. The Kier molecular flexibility index (Phi) is 5.20. The number of halogens is 1. The van der Waals surface area contributed by atoms with Crippen LogP contribution in [0.15, 0.2) is 124 Å². The smallest absolute Gasteiger partial charge is 0.159 e. The maximum atomic E-state index is 6.56. The maximum absolute atomic E-state index is 6.56. The number of nitrogens with zero attached hydrogens (tertiary/aromatic N) is 1. The molecule has 40 heavy (non-hydrogen) atoms.